The molecule has 2 aromatic heterocycles. The van der Waals surface area contributed by atoms with Crippen molar-refractivity contribution < 1.29 is 9.21 Å². The highest BCUT2D eigenvalue weighted by Crippen LogP contribution is 2.11. The largest absolute Gasteiger partial charge is 0.467 e. The molecule has 0 saturated carbocycles. The Labute approximate surface area is 124 Å². The van der Waals surface area contributed by atoms with Crippen LogP contribution in [0.4, 0.5) is 0 Å². The highest BCUT2D eigenvalue weighted by atomic mass is 16.3. The van der Waals surface area contributed by atoms with Gasteiger partial charge >= 0.3 is 0 Å². The Kier molecular flexibility index (Phi) is 4.80. The summed E-state index contributed by atoms with van der Waals surface area (Å²) in [5.41, 5.74) is 3.25. The Bertz CT molecular complexity index is 601. The number of amides is 1. The summed E-state index contributed by atoms with van der Waals surface area (Å²) in [6.45, 7) is 6.88. The average Bonchev–Trinajstić information content (AvgIpc) is 3.04. The molecule has 0 aliphatic heterocycles. The second-order valence-electron chi connectivity index (χ2n) is 5.17. The summed E-state index contributed by atoms with van der Waals surface area (Å²) >= 11 is 0. The van der Waals surface area contributed by atoms with Crippen molar-refractivity contribution in [1.82, 2.24) is 20.4 Å². The van der Waals surface area contributed by atoms with Gasteiger partial charge in [-0.1, -0.05) is 0 Å². The topological polar surface area (TPSA) is 72.1 Å². The van der Waals surface area contributed by atoms with Crippen LogP contribution in [0.25, 0.3) is 0 Å². The number of nitrogens with one attached hydrogen (secondary N) is 2. The molecule has 2 rings (SSSR count). The van der Waals surface area contributed by atoms with Crippen LogP contribution in [0.15, 0.2) is 22.8 Å². The van der Waals surface area contributed by atoms with Crippen LogP contribution in [0, 0.1) is 13.8 Å². The van der Waals surface area contributed by atoms with Crippen molar-refractivity contribution in [3.63, 3.8) is 0 Å². The minimum absolute atomic E-state index is 0.0504. The van der Waals surface area contributed by atoms with E-state index in [1.165, 1.54) is 0 Å². The zero-order chi connectivity index (χ0) is 15.4. The fraction of sp³-hybridized carbons (Fsp3) is 0.467. The van der Waals surface area contributed by atoms with Crippen LogP contribution in [-0.4, -0.2) is 21.7 Å². The minimum atomic E-state index is -0.279. The van der Waals surface area contributed by atoms with E-state index < -0.39 is 0 Å². The molecule has 6 heteroatoms. The lowest BCUT2D eigenvalue weighted by atomic mass is 10.2. The van der Waals surface area contributed by atoms with E-state index in [1.807, 2.05) is 38.6 Å². The third-order valence-corrected chi connectivity index (χ3v) is 3.65. The maximum Gasteiger partial charge on any atom is 0.237 e. The van der Waals surface area contributed by atoms with E-state index in [9.17, 15) is 4.79 Å². The Morgan fingerprint density at radius 3 is 2.76 bits per heavy atom. The van der Waals surface area contributed by atoms with Crippen LogP contribution in [-0.2, 0) is 24.9 Å². The van der Waals surface area contributed by atoms with Crippen LogP contribution in [0.1, 0.15) is 29.6 Å². The molecule has 21 heavy (non-hydrogen) atoms. The number of nitrogens with zero attached hydrogens (tertiary/aromatic N) is 2. The van der Waals surface area contributed by atoms with Crippen LogP contribution in [0.5, 0.6) is 0 Å². The maximum atomic E-state index is 12.0. The van der Waals surface area contributed by atoms with Crippen molar-refractivity contribution in [2.45, 2.75) is 39.9 Å². The maximum absolute atomic E-state index is 12.0. The number of hydrogen-bond acceptors (Lipinski definition) is 4. The molecule has 1 atom stereocenters. The lowest BCUT2D eigenvalue weighted by Gasteiger charge is -2.13. The first-order chi connectivity index (χ1) is 9.99. The fourth-order valence-corrected chi connectivity index (χ4v) is 2.16. The van der Waals surface area contributed by atoms with Gasteiger partial charge in [0.25, 0.3) is 0 Å². The predicted molar refractivity (Wildman–Crippen MR) is 79.5 cm³/mol. The summed E-state index contributed by atoms with van der Waals surface area (Å²) in [7, 11) is 1.92. The quantitative estimate of drug-likeness (QED) is 0.844. The number of carbonyl (C=O) groups is 1. The monoisotopic (exact) mass is 290 g/mol. The van der Waals surface area contributed by atoms with Crippen molar-refractivity contribution >= 4 is 5.91 Å². The van der Waals surface area contributed by atoms with E-state index in [-0.39, 0.29) is 11.9 Å². The summed E-state index contributed by atoms with van der Waals surface area (Å²) < 4.78 is 7.04. The summed E-state index contributed by atoms with van der Waals surface area (Å²) in [5, 5.41) is 10.4. The number of rotatable bonds is 6. The van der Waals surface area contributed by atoms with Crippen molar-refractivity contribution in [1.29, 1.82) is 0 Å². The summed E-state index contributed by atoms with van der Waals surface area (Å²) in [6, 6.07) is 3.36. The van der Waals surface area contributed by atoms with Gasteiger partial charge in [-0.3, -0.25) is 9.48 Å². The summed E-state index contributed by atoms with van der Waals surface area (Å²) in [6.07, 6.45) is 1.59. The zero-order valence-corrected chi connectivity index (χ0v) is 12.9. The number of aryl methyl sites for hydroxylation is 2. The number of aromatic nitrogens is 2. The smallest absolute Gasteiger partial charge is 0.237 e. The van der Waals surface area contributed by atoms with Crippen molar-refractivity contribution in [2.75, 3.05) is 0 Å². The highest BCUT2D eigenvalue weighted by molar-refractivity contribution is 5.81. The van der Waals surface area contributed by atoms with Gasteiger partial charge in [0.2, 0.25) is 5.91 Å². The lowest BCUT2D eigenvalue weighted by Crippen LogP contribution is -2.41. The molecular weight excluding hydrogens is 268 g/mol. The van der Waals surface area contributed by atoms with Gasteiger partial charge in [-0.25, -0.2) is 0 Å². The van der Waals surface area contributed by atoms with Crippen molar-refractivity contribution in [3.05, 3.63) is 41.1 Å². The average molecular weight is 290 g/mol. The molecule has 2 aromatic rings. The third kappa shape index (κ3) is 3.72. The molecule has 2 N–H and O–H groups in total. The Balaban J connectivity index is 1.83. The molecule has 0 bridgehead atoms. The zero-order valence-electron chi connectivity index (χ0n) is 12.9. The second-order valence-corrected chi connectivity index (χ2v) is 5.17. The Morgan fingerprint density at radius 1 is 1.43 bits per heavy atom. The molecular formula is C15H22N4O2. The molecule has 0 aromatic carbocycles. The first-order valence-electron chi connectivity index (χ1n) is 7.01. The molecule has 0 fully saturated rings. The normalized spacial score (nSPS) is 12.4. The predicted octanol–water partition coefficient (Wildman–Crippen LogP) is 1.42. The SMILES string of the molecule is Cc1nn(C)c(C)c1CNC(C)C(=O)NCc1ccco1. The Morgan fingerprint density at radius 2 is 2.19 bits per heavy atom. The summed E-state index contributed by atoms with van der Waals surface area (Å²) in [5.74, 6) is 0.695. The first kappa shape index (κ1) is 15.3. The van der Waals surface area contributed by atoms with Gasteiger partial charge in [-0.15, -0.1) is 0 Å². The van der Waals surface area contributed by atoms with Crippen LogP contribution in [0.3, 0.4) is 0 Å². The summed E-state index contributed by atoms with van der Waals surface area (Å²) in [4.78, 5) is 12.0. The van der Waals surface area contributed by atoms with Gasteiger partial charge in [-0.05, 0) is 32.9 Å². The highest BCUT2D eigenvalue weighted by Gasteiger charge is 2.15. The van der Waals surface area contributed by atoms with Crippen LogP contribution >= 0.6 is 0 Å². The molecule has 1 unspecified atom stereocenters. The molecule has 2 heterocycles. The van der Waals surface area contributed by atoms with Gasteiger partial charge in [0.1, 0.15) is 5.76 Å². The molecule has 0 spiro atoms. The third-order valence-electron chi connectivity index (χ3n) is 3.65. The number of hydrogen-bond donors (Lipinski definition) is 2. The van der Waals surface area contributed by atoms with E-state index in [0.717, 1.165) is 22.7 Å². The van der Waals surface area contributed by atoms with Gasteiger partial charge in [0.05, 0.1) is 24.5 Å². The van der Waals surface area contributed by atoms with Crippen LogP contribution in [0.2, 0.25) is 0 Å². The van der Waals surface area contributed by atoms with Gasteiger partial charge in [0.15, 0.2) is 0 Å². The lowest BCUT2D eigenvalue weighted by molar-refractivity contribution is -0.123. The van der Waals surface area contributed by atoms with Gasteiger partial charge in [0, 0.05) is 24.8 Å². The molecule has 114 valence electrons. The molecule has 6 nitrogen and oxygen atoms in total. The van der Waals surface area contributed by atoms with Crippen LogP contribution < -0.4 is 10.6 Å². The van der Waals surface area contributed by atoms with E-state index in [4.69, 9.17) is 4.42 Å². The fourth-order valence-electron chi connectivity index (χ4n) is 2.16. The van der Waals surface area contributed by atoms with E-state index in [2.05, 4.69) is 15.7 Å². The Hall–Kier alpha value is -2.08. The molecule has 0 aliphatic rings. The minimum Gasteiger partial charge on any atom is -0.467 e. The van der Waals surface area contributed by atoms with Gasteiger partial charge in [-0.2, -0.15) is 5.10 Å². The molecule has 0 saturated heterocycles. The number of furan rings is 1. The van der Waals surface area contributed by atoms with Gasteiger partial charge < -0.3 is 15.1 Å². The van der Waals surface area contributed by atoms with Crippen molar-refractivity contribution in [3.8, 4) is 0 Å². The van der Waals surface area contributed by atoms with E-state index in [1.54, 1.807) is 12.3 Å². The van der Waals surface area contributed by atoms with Crippen molar-refractivity contribution in [2.24, 2.45) is 7.05 Å². The first-order valence-corrected chi connectivity index (χ1v) is 7.01. The standard InChI is InChI=1S/C15H22N4O2/c1-10-14(12(3)19(4)18-10)9-16-11(2)15(20)17-8-13-6-5-7-21-13/h5-7,11,16H,8-9H2,1-4H3,(H,17,20). The van der Waals surface area contributed by atoms with E-state index in [0.29, 0.717) is 13.1 Å². The molecule has 1 amide bonds. The molecule has 0 aliphatic carbocycles. The molecule has 0 radical (unpaired) electrons. The van der Waals surface area contributed by atoms with E-state index >= 15 is 0 Å². The second kappa shape index (κ2) is 6.58. The number of carbonyl (C=O) groups excluding carboxylic acids is 1.